The van der Waals surface area contributed by atoms with Gasteiger partial charge in [-0.05, 0) is 42.8 Å². The van der Waals surface area contributed by atoms with Crippen LogP contribution in [0.2, 0.25) is 0 Å². The zero-order valence-corrected chi connectivity index (χ0v) is 19.7. The van der Waals surface area contributed by atoms with Crippen LogP contribution in [-0.2, 0) is 25.6 Å². The summed E-state index contributed by atoms with van der Waals surface area (Å²) in [5.74, 6) is 1.28. The summed E-state index contributed by atoms with van der Waals surface area (Å²) in [4.78, 5) is 8.71. The van der Waals surface area contributed by atoms with E-state index in [1.165, 1.54) is 0 Å². The second kappa shape index (κ2) is 12.9. The summed E-state index contributed by atoms with van der Waals surface area (Å²) in [7, 11) is 1.59. The van der Waals surface area contributed by atoms with Gasteiger partial charge >= 0.3 is 0 Å². The van der Waals surface area contributed by atoms with Crippen LogP contribution in [0.5, 0.6) is 5.75 Å². The lowest BCUT2D eigenvalue weighted by atomic mass is 10.0. The van der Waals surface area contributed by atoms with Gasteiger partial charge in [-0.1, -0.05) is 19.9 Å². The lowest BCUT2D eigenvalue weighted by Crippen LogP contribution is -2.39. The lowest BCUT2D eigenvalue weighted by Gasteiger charge is -2.27. The van der Waals surface area contributed by atoms with E-state index in [4.69, 9.17) is 23.7 Å². The number of hydrogen-bond donors (Lipinski definition) is 1. The maximum absolute atomic E-state index is 5.90. The average molecular weight is 456 g/mol. The minimum Gasteiger partial charge on any atom is -0.487 e. The topological polar surface area (TPSA) is 83.4 Å². The Hall–Kier alpha value is -2.94. The van der Waals surface area contributed by atoms with Gasteiger partial charge in [0.25, 0.3) is 0 Å². The molecule has 2 atom stereocenters. The normalized spacial score (nSPS) is 19.9. The molecule has 2 aliphatic rings. The monoisotopic (exact) mass is 455 g/mol. The Balaban J connectivity index is 0.00000149. The molecule has 0 amide bonds. The molecule has 1 aromatic heterocycles. The first-order chi connectivity index (χ1) is 16.2. The van der Waals surface area contributed by atoms with Crippen molar-refractivity contribution < 1.29 is 23.7 Å². The van der Waals surface area contributed by atoms with Crippen molar-refractivity contribution in [1.82, 2.24) is 10.3 Å². The predicted molar refractivity (Wildman–Crippen MR) is 127 cm³/mol. The zero-order chi connectivity index (χ0) is 23.5. The van der Waals surface area contributed by atoms with Crippen LogP contribution in [0.3, 0.4) is 0 Å². The molecule has 1 unspecified atom stereocenters. The molecule has 8 nitrogen and oxygen atoms in total. The number of aromatic nitrogens is 1. The van der Waals surface area contributed by atoms with Crippen molar-refractivity contribution in [3.63, 3.8) is 0 Å². The van der Waals surface area contributed by atoms with Crippen LogP contribution >= 0.6 is 0 Å². The number of rotatable bonds is 7. The van der Waals surface area contributed by atoms with Crippen molar-refractivity contribution in [2.24, 2.45) is 4.99 Å². The third kappa shape index (κ3) is 7.28. The van der Waals surface area contributed by atoms with E-state index < -0.39 is 6.35 Å². The highest BCUT2D eigenvalue weighted by molar-refractivity contribution is 5.96. The number of methoxy groups -OCH3 is 1. The number of benzene rings is 1. The molecule has 0 spiro atoms. The molecule has 3 heterocycles. The van der Waals surface area contributed by atoms with Crippen molar-refractivity contribution in [3.05, 3.63) is 65.5 Å². The Morgan fingerprint density at radius 3 is 2.73 bits per heavy atom. The SMILES string of the molecule is CC.COC1=NC(OC[C@H]2COCCO2)NC(c2ccc(OCc3ccccn3)cc2C)=C1. The van der Waals surface area contributed by atoms with Gasteiger partial charge in [-0.3, -0.25) is 4.98 Å². The van der Waals surface area contributed by atoms with Crippen LogP contribution in [0.1, 0.15) is 30.7 Å². The summed E-state index contributed by atoms with van der Waals surface area (Å²) in [5, 5.41) is 3.32. The van der Waals surface area contributed by atoms with Gasteiger partial charge in [0.15, 0.2) is 0 Å². The van der Waals surface area contributed by atoms with Crippen LogP contribution in [-0.4, -0.2) is 56.9 Å². The summed E-state index contributed by atoms with van der Waals surface area (Å²) in [6.07, 6.45) is 2.95. The van der Waals surface area contributed by atoms with Gasteiger partial charge in [-0.2, -0.15) is 4.99 Å². The molecule has 1 N–H and O–H groups in total. The van der Waals surface area contributed by atoms with Crippen LogP contribution < -0.4 is 10.1 Å². The Labute approximate surface area is 195 Å². The largest absolute Gasteiger partial charge is 0.487 e. The van der Waals surface area contributed by atoms with Crippen molar-refractivity contribution in [1.29, 1.82) is 0 Å². The summed E-state index contributed by atoms with van der Waals surface area (Å²) >= 11 is 0. The Morgan fingerprint density at radius 2 is 2.03 bits per heavy atom. The Kier molecular flexibility index (Phi) is 9.68. The van der Waals surface area contributed by atoms with E-state index in [2.05, 4.69) is 15.3 Å². The van der Waals surface area contributed by atoms with E-state index >= 15 is 0 Å². The molecule has 8 heteroatoms. The maximum atomic E-state index is 5.90. The first-order valence-corrected chi connectivity index (χ1v) is 11.3. The summed E-state index contributed by atoms with van der Waals surface area (Å²) in [6, 6.07) is 11.7. The molecule has 2 aliphatic heterocycles. The van der Waals surface area contributed by atoms with Gasteiger partial charge in [0.2, 0.25) is 12.2 Å². The molecular weight excluding hydrogens is 422 g/mol. The molecule has 0 radical (unpaired) electrons. The molecule has 4 rings (SSSR count). The van der Waals surface area contributed by atoms with Gasteiger partial charge < -0.3 is 29.0 Å². The van der Waals surface area contributed by atoms with E-state index in [-0.39, 0.29) is 6.10 Å². The molecule has 33 heavy (non-hydrogen) atoms. The molecule has 0 bridgehead atoms. The van der Waals surface area contributed by atoms with Crippen LogP contribution in [0.25, 0.3) is 5.70 Å². The van der Waals surface area contributed by atoms with Gasteiger partial charge in [0.05, 0.1) is 44.9 Å². The smallest absolute Gasteiger partial charge is 0.229 e. The predicted octanol–water partition coefficient (Wildman–Crippen LogP) is 3.70. The van der Waals surface area contributed by atoms with Gasteiger partial charge in [0.1, 0.15) is 18.5 Å². The van der Waals surface area contributed by atoms with Crippen molar-refractivity contribution in [3.8, 4) is 5.75 Å². The molecule has 178 valence electrons. The summed E-state index contributed by atoms with van der Waals surface area (Å²) in [6.45, 7) is 8.56. The number of nitrogens with one attached hydrogen (secondary N) is 1. The highest BCUT2D eigenvalue weighted by Crippen LogP contribution is 2.25. The summed E-state index contributed by atoms with van der Waals surface area (Å²) in [5.41, 5.74) is 3.82. The fraction of sp³-hybridized carbons (Fsp3) is 0.440. The minimum atomic E-state index is -0.569. The fourth-order valence-corrected chi connectivity index (χ4v) is 3.33. The molecule has 1 aromatic carbocycles. The van der Waals surface area contributed by atoms with E-state index in [0.29, 0.717) is 38.9 Å². The van der Waals surface area contributed by atoms with Gasteiger partial charge in [-0.25, -0.2) is 0 Å². The number of aliphatic imine (C=N–C) groups is 1. The second-order valence-corrected chi connectivity index (χ2v) is 7.21. The maximum Gasteiger partial charge on any atom is 0.229 e. The van der Waals surface area contributed by atoms with Crippen molar-refractivity contribution >= 4 is 11.6 Å². The van der Waals surface area contributed by atoms with Crippen molar-refractivity contribution in [2.45, 2.75) is 39.8 Å². The molecule has 0 saturated carbocycles. The average Bonchev–Trinajstić information content (AvgIpc) is 2.88. The zero-order valence-electron chi connectivity index (χ0n) is 19.7. The Morgan fingerprint density at radius 1 is 1.15 bits per heavy atom. The highest BCUT2D eigenvalue weighted by Gasteiger charge is 2.22. The number of aryl methyl sites for hydroxylation is 1. The number of ether oxygens (including phenoxy) is 5. The third-order valence-electron chi connectivity index (χ3n) is 4.93. The van der Waals surface area contributed by atoms with Crippen molar-refractivity contribution in [2.75, 3.05) is 33.5 Å². The van der Waals surface area contributed by atoms with Crippen LogP contribution in [0.15, 0.2) is 53.7 Å². The molecule has 1 fully saturated rings. The highest BCUT2D eigenvalue weighted by atomic mass is 16.6. The number of hydrogen-bond acceptors (Lipinski definition) is 8. The standard InChI is InChI=1S/C23H27N3O5.C2H6/c1-16-11-18(30-13-17-5-3-4-8-24-17)6-7-20(16)21-12-22(27-2)26-23(25-21)31-15-19-14-28-9-10-29-19;1-2/h3-8,11-12,19,23,25H,9-10,13-15H2,1-2H3;1-2H3/t19-,23?;/m1./s1. The minimum absolute atomic E-state index is 0.0941. The second-order valence-electron chi connectivity index (χ2n) is 7.21. The quantitative estimate of drug-likeness (QED) is 0.682. The van der Waals surface area contributed by atoms with Gasteiger partial charge in [0, 0.05) is 17.8 Å². The Bertz CT molecular complexity index is 927. The molecular formula is C25H33N3O5. The molecule has 0 aliphatic carbocycles. The molecule has 1 saturated heterocycles. The van der Waals surface area contributed by atoms with Crippen LogP contribution in [0.4, 0.5) is 0 Å². The number of nitrogens with zero attached hydrogens (tertiary/aromatic N) is 2. The van der Waals surface area contributed by atoms with E-state index in [1.807, 2.05) is 63.2 Å². The fourth-order valence-electron chi connectivity index (χ4n) is 3.33. The first-order valence-electron chi connectivity index (χ1n) is 11.3. The van der Waals surface area contributed by atoms with Gasteiger partial charge in [-0.15, -0.1) is 0 Å². The third-order valence-corrected chi connectivity index (χ3v) is 4.93. The summed E-state index contributed by atoms with van der Waals surface area (Å²) < 4.78 is 28.2. The van der Waals surface area contributed by atoms with E-state index in [0.717, 1.165) is 28.3 Å². The number of pyridine rings is 1. The molecule has 2 aromatic rings. The van der Waals surface area contributed by atoms with E-state index in [1.54, 1.807) is 13.3 Å². The van der Waals surface area contributed by atoms with E-state index in [9.17, 15) is 0 Å². The first kappa shape index (κ1) is 24.7. The van der Waals surface area contributed by atoms with Crippen LogP contribution in [0, 0.1) is 6.92 Å². The lowest BCUT2D eigenvalue weighted by molar-refractivity contribution is -0.125.